The number of rotatable bonds is 3. The Hall–Kier alpha value is -2.63. The maximum Gasteiger partial charge on any atom is 0.163 e. The SMILES string of the molecule is COc1cc(F)ccc1Nc1cc2c(cc1N)OCCO2. The minimum absolute atomic E-state index is 0.368. The van der Waals surface area contributed by atoms with Crippen LogP contribution in [0.1, 0.15) is 0 Å². The van der Waals surface area contributed by atoms with Crippen LogP contribution in [-0.2, 0) is 0 Å². The number of nitrogens with two attached hydrogens (primary N) is 1. The lowest BCUT2D eigenvalue weighted by Gasteiger charge is -2.21. The number of methoxy groups -OCH3 is 1. The predicted octanol–water partition coefficient (Wildman–Crippen LogP) is 2.93. The average Bonchev–Trinajstić information content (AvgIpc) is 2.49. The van der Waals surface area contributed by atoms with E-state index in [9.17, 15) is 4.39 Å². The molecule has 1 aliphatic rings. The Balaban J connectivity index is 1.94. The number of nitrogens with one attached hydrogen (secondary N) is 1. The first-order chi connectivity index (χ1) is 10.2. The summed E-state index contributed by atoms with van der Waals surface area (Å²) >= 11 is 0. The molecule has 5 nitrogen and oxygen atoms in total. The van der Waals surface area contributed by atoms with Crippen molar-refractivity contribution in [1.29, 1.82) is 0 Å². The van der Waals surface area contributed by atoms with Crippen molar-refractivity contribution in [3.05, 3.63) is 36.1 Å². The third kappa shape index (κ3) is 2.65. The maximum absolute atomic E-state index is 13.2. The van der Waals surface area contributed by atoms with Crippen LogP contribution in [0.2, 0.25) is 0 Å². The van der Waals surface area contributed by atoms with Gasteiger partial charge in [-0.1, -0.05) is 0 Å². The Bertz CT molecular complexity index is 676. The van der Waals surface area contributed by atoms with Gasteiger partial charge in [0.25, 0.3) is 0 Å². The van der Waals surface area contributed by atoms with E-state index in [0.29, 0.717) is 47.5 Å². The highest BCUT2D eigenvalue weighted by atomic mass is 19.1. The molecule has 0 aliphatic carbocycles. The van der Waals surface area contributed by atoms with Crippen LogP contribution in [0.5, 0.6) is 17.2 Å². The summed E-state index contributed by atoms with van der Waals surface area (Å²) in [5, 5.41) is 3.12. The van der Waals surface area contributed by atoms with Gasteiger partial charge in [-0.15, -0.1) is 0 Å². The topological polar surface area (TPSA) is 65.7 Å². The van der Waals surface area contributed by atoms with Gasteiger partial charge in [-0.2, -0.15) is 0 Å². The van der Waals surface area contributed by atoms with Crippen LogP contribution in [-0.4, -0.2) is 20.3 Å². The third-order valence-corrected chi connectivity index (χ3v) is 3.15. The Kier molecular flexibility index (Phi) is 3.43. The Labute approximate surface area is 121 Å². The van der Waals surface area contributed by atoms with Crippen molar-refractivity contribution in [1.82, 2.24) is 0 Å². The van der Waals surface area contributed by atoms with E-state index < -0.39 is 0 Å². The quantitative estimate of drug-likeness (QED) is 0.851. The summed E-state index contributed by atoms with van der Waals surface area (Å²) in [5.74, 6) is 1.27. The molecule has 0 atom stereocenters. The van der Waals surface area contributed by atoms with Gasteiger partial charge in [0.05, 0.1) is 24.2 Å². The van der Waals surface area contributed by atoms with E-state index >= 15 is 0 Å². The monoisotopic (exact) mass is 290 g/mol. The van der Waals surface area contributed by atoms with Crippen molar-refractivity contribution in [2.75, 3.05) is 31.4 Å². The number of hydrogen-bond acceptors (Lipinski definition) is 5. The molecule has 0 bridgehead atoms. The van der Waals surface area contributed by atoms with Crippen LogP contribution in [0.3, 0.4) is 0 Å². The molecule has 1 aliphatic heterocycles. The number of halogens is 1. The summed E-state index contributed by atoms with van der Waals surface area (Å²) in [5.41, 5.74) is 7.76. The molecular formula is C15H15FN2O3. The van der Waals surface area contributed by atoms with Gasteiger partial charge in [-0.25, -0.2) is 4.39 Å². The number of fused-ring (bicyclic) bond motifs is 1. The van der Waals surface area contributed by atoms with Crippen molar-refractivity contribution < 1.29 is 18.6 Å². The zero-order valence-corrected chi connectivity index (χ0v) is 11.5. The van der Waals surface area contributed by atoms with Gasteiger partial charge >= 0.3 is 0 Å². The van der Waals surface area contributed by atoms with Crippen LogP contribution in [0.4, 0.5) is 21.5 Å². The number of hydrogen-bond donors (Lipinski definition) is 2. The number of anilines is 3. The second kappa shape index (κ2) is 5.40. The molecule has 2 aromatic rings. The van der Waals surface area contributed by atoms with E-state index in [4.69, 9.17) is 19.9 Å². The zero-order chi connectivity index (χ0) is 14.8. The fraction of sp³-hybridized carbons (Fsp3) is 0.200. The Morgan fingerprint density at radius 2 is 1.81 bits per heavy atom. The van der Waals surface area contributed by atoms with Crippen LogP contribution >= 0.6 is 0 Å². The van der Waals surface area contributed by atoms with Gasteiger partial charge in [0.1, 0.15) is 24.8 Å². The highest BCUT2D eigenvalue weighted by molar-refractivity contribution is 5.78. The lowest BCUT2D eigenvalue weighted by atomic mass is 10.2. The van der Waals surface area contributed by atoms with Crippen LogP contribution in [0, 0.1) is 5.82 Å². The van der Waals surface area contributed by atoms with Crippen molar-refractivity contribution in [2.45, 2.75) is 0 Å². The van der Waals surface area contributed by atoms with Crippen molar-refractivity contribution >= 4 is 17.1 Å². The normalized spacial score (nSPS) is 12.9. The molecule has 6 heteroatoms. The van der Waals surface area contributed by atoms with Gasteiger partial charge in [0.2, 0.25) is 0 Å². The molecule has 0 spiro atoms. The molecular weight excluding hydrogens is 275 g/mol. The van der Waals surface area contributed by atoms with Crippen LogP contribution < -0.4 is 25.3 Å². The van der Waals surface area contributed by atoms with Crippen molar-refractivity contribution in [2.24, 2.45) is 0 Å². The molecule has 0 saturated heterocycles. The van der Waals surface area contributed by atoms with Crippen LogP contribution in [0.15, 0.2) is 30.3 Å². The third-order valence-electron chi connectivity index (χ3n) is 3.15. The fourth-order valence-corrected chi connectivity index (χ4v) is 2.13. The molecule has 21 heavy (non-hydrogen) atoms. The first-order valence-corrected chi connectivity index (χ1v) is 6.47. The van der Waals surface area contributed by atoms with E-state index in [1.54, 1.807) is 18.2 Å². The minimum atomic E-state index is -0.368. The molecule has 0 amide bonds. The van der Waals surface area contributed by atoms with Gasteiger partial charge < -0.3 is 25.3 Å². The lowest BCUT2D eigenvalue weighted by molar-refractivity contribution is 0.172. The van der Waals surface area contributed by atoms with Gasteiger partial charge in [-0.3, -0.25) is 0 Å². The van der Waals surface area contributed by atoms with E-state index in [-0.39, 0.29) is 5.82 Å². The summed E-state index contributed by atoms with van der Waals surface area (Å²) in [4.78, 5) is 0. The molecule has 110 valence electrons. The number of benzene rings is 2. The summed E-state index contributed by atoms with van der Waals surface area (Å²) < 4.78 is 29.3. The molecule has 1 heterocycles. The van der Waals surface area contributed by atoms with E-state index in [0.717, 1.165) is 0 Å². The Morgan fingerprint density at radius 1 is 1.10 bits per heavy atom. The molecule has 0 unspecified atom stereocenters. The summed E-state index contributed by atoms with van der Waals surface area (Å²) in [6.07, 6.45) is 0. The van der Waals surface area contributed by atoms with Crippen LogP contribution in [0.25, 0.3) is 0 Å². The first kappa shape index (κ1) is 13.4. The first-order valence-electron chi connectivity index (χ1n) is 6.47. The molecule has 0 saturated carbocycles. The van der Waals surface area contributed by atoms with E-state index in [1.807, 2.05) is 0 Å². The zero-order valence-electron chi connectivity index (χ0n) is 11.5. The van der Waals surface area contributed by atoms with Gasteiger partial charge in [0.15, 0.2) is 11.5 Å². The number of nitrogen functional groups attached to an aromatic ring is 1. The Morgan fingerprint density at radius 3 is 2.52 bits per heavy atom. The average molecular weight is 290 g/mol. The molecule has 0 fully saturated rings. The van der Waals surface area contributed by atoms with Crippen molar-refractivity contribution in [3.63, 3.8) is 0 Å². The van der Waals surface area contributed by atoms with Crippen molar-refractivity contribution in [3.8, 4) is 17.2 Å². The summed E-state index contributed by atoms with van der Waals surface area (Å²) in [7, 11) is 1.48. The summed E-state index contributed by atoms with van der Waals surface area (Å²) in [6, 6.07) is 7.69. The second-order valence-corrected chi connectivity index (χ2v) is 4.55. The van der Waals surface area contributed by atoms with E-state index in [1.165, 1.54) is 19.2 Å². The molecule has 0 radical (unpaired) electrons. The number of ether oxygens (including phenoxy) is 3. The molecule has 3 rings (SSSR count). The lowest BCUT2D eigenvalue weighted by Crippen LogP contribution is -2.15. The second-order valence-electron chi connectivity index (χ2n) is 4.55. The van der Waals surface area contributed by atoms with Gasteiger partial charge in [-0.05, 0) is 12.1 Å². The standard InChI is InChI=1S/C15H15FN2O3/c1-19-13-6-9(16)2-3-11(13)18-12-8-15-14(7-10(12)17)20-4-5-21-15/h2-3,6-8,18H,4-5,17H2,1H3. The highest BCUT2D eigenvalue weighted by Gasteiger charge is 2.15. The fourth-order valence-electron chi connectivity index (χ4n) is 2.13. The molecule has 2 aromatic carbocycles. The smallest absolute Gasteiger partial charge is 0.163 e. The molecule has 3 N–H and O–H groups in total. The highest BCUT2D eigenvalue weighted by Crippen LogP contribution is 2.39. The summed E-state index contributed by atoms with van der Waals surface area (Å²) in [6.45, 7) is 1.00. The maximum atomic E-state index is 13.2. The largest absolute Gasteiger partial charge is 0.494 e. The van der Waals surface area contributed by atoms with E-state index in [2.05, 4.69) is 5.32 Å². The van der Waals surface area contributed by atoms with Gasteiger partial charge in [0, 0.05) is 18.2 Å². The minimum Gasteiger partial charge on any atom is -0.494 e. The molecule has 0 aromatic heterocycles. The predicted molar refractivity (Wildman–Crippen MR) is 78.1 cm³/mol.